The number of halogens is 1. The van der Waals surface area contributed by atoms with Crippen molar-refractivity contribution in [3.63, 3.8) is 0 Å². The van der Waals surface area contributed by atoms with Gasteiger partial charge < -0.3 is 10.6 Å². The molecule has 1 saturated heterocycles. The van der Waals surface area contributed by atoms with Gasteiger partial charge in [-0.2, -0.15) is 0 Å². The molecule has 0 unspecified atom stereocenters. The van der Waals surface area contributed by atoms with Crippen LogP contribution in [0.1, 0.15) is 45.4 Å². The third-order valence-electron chi connectivity index (χ3n) is 4.00. The van der Waals surface area contributed by atoms with Crippen molar-refractivity contribution in [2.45, 2.75) is 45.4 Å². The van der Waals surface area contributed by atoms with Crippen molar-refractivity contribution in [3.05, 3.63) is 0 Å². The van der Waals surface area contributed by atoms with Gasteiger partial charge in [0.05, 0.1) is 0 Å². The molecule has 1 aliphatic carbocycles. The van der Waals surface area contributed by atoms with Crippen molar-refractivity contribution >= 4 is 29.9 Å². The molecule has 1 aliphatic heterocycles. The Kier molecular flexibility index (Phi) is 5.34. The van der Waals surface area contributed by atoms with Gasteiger partial charge in [-0.25, -0.2) is 0 Å². The molecule has 0 radical (unpaired) electrons. The molecule has 94 valence electrons. The minimum atomic E-state index is 0. The summed E-state index contributed by atoms with van der Waals surface area (Å²) in [5, 5.41) is 0. The normalized spacial score (nSPS) is 24.6. The van der Waals surface area contributed by atoms with E-state index in [0.717, 1.165) is 25.6 Å². The van der Waals surface area contributed by atoms with Gasteiger partial charge in [-0.1, -0.05) is 19.3 Å². The van der Waals surface area contributed by atoms with Crippen LogP contribution in [-0.2, 0) is 0 Å². The Labute approximate surface area is 116 Å². The van der Waals surface area contributed by atoms with E-state index < -0.39 is 0 Å². The molecule has 3 nitrogen and oxygen atoms in total. The summed E-state index contributed by atoms with van der Waals surface area (Å²) in [5.74, 6) is 0.764. The van der Waals surface area contributed by atoms with E-state index >= 15 is 0 Å². The lowest BCUT2D eigenvalue weighted by atomic mass is 9.73. The first-order valence-electron chi connectivity index (χ1n) is 6.31. The predicted octanol–water partition coefficient (Wildman–Crippen LogP) is 2.60. The van der Waals surface area contributed by atoms with Gasteiger partial charge in [-0.05, 0) is 31.6 Å². The fourth-order valence-corrected chi connectivity index (χ4v) is 3.10. The maximum atomic E-state index is 5.96. The van der Waals surface area contributed by atoms with Crippen molar-refractivity contribution < 1.29 is 0 Å². The second-order valence-electron chi connectivity index (χ2n) is 5.06. The number of hydrogen-bond acceptors (Lipinski definition) is 1. The molecule has 1 saturated carbocycles. The van der Waals surface area contributed by atoms with E-state index in [2.05, 4.69) is 9.89 Å². The summed E-state index contributed by atoms with van der Waals surface area (Å²) in [6, 6.07) is 0. The summed E-state index contributed by atoms with van der Waals surface area (Å²) in [5.41, 5.74) is 6.54. The summed E-state index contributed by atoms with van der Waals surface area (Å²) in [7, 11) is 0. The van der Waals surface area contributed by atoms with Crippen molar-refractivity contribution in [1.29, 1.82) is 0 Å². The molecule has 2 N–H and O–H groups in total. The Hall–Kier alpha value is 0. The fraction of sp³-hybridized carbons (Fsp3) is 0.917. The van der Waals surface area contributed by atoms with Gasteiger partial charge in [0, 0.05) is 19.6 Å². The van der Waals surface area contributed by atoms with Crippen LogP contribution in [0.2, 0.25) is 0 Å². The zero-order chi connectivity index (χ0) is 10.7. The van der Waals surface area contributed by atoms with Gasteiger partial charge in [0.15, 0.2) is 5.96 Å². The minimum Gasteiger partial charge on any atom is -0.370 e. The van der Waals surface area contributed by atoms with Crippen LogP contribution in [0.25, 0.3) is 0 Å². The second kappa shape index (κ2) is 6.07. The Morgan fingerprint density at radius 3 is 2.56 bits per heavy atom. The van der Waals surface area contributed by atoms with Crippen molar-refractivity contribution in [1.82, 2.24) is 4.90 Å². The summed E-state index contributed by atoms with van der Waals surface area (Å²) < 4.78 is 0. The summed E-state index contributed by atoms with van der Waals surface area (Å²) >= 11 is 0. The topological polar surface area (TPSA) is 41.6 Å². The highest BCUT2D eigenvalue weighted by Gasteiger charge is 2.39. The molecule has 0 aromatic heterocycles. The molecular weight excluding hydrogens is 313 g/mol. The molecule has 0 atom stereocenters. The maximum Gasteiger partial charge on any atom is 0.191 e. The van der Waals surface area contributed by atoms with E-state index in [0.29, 0.717) is 5.41 Å². The number of guanidine groups is 1. The van der Waals surface area contributed by atoms with Crippen molar-refractivity contribution in [2.75, 3.05) is 19.6 Å². The summed E-state index contributed by atoms with van der Waals surface area (Å²) in [6.45, 7) is 5.12. The summed E-state index contributed by atoms with van der Waals surface area (Å²) in [4.78, 5) is 6.59. The van der Waals surface area contributed by atoms with Gasteiger partial charge in [0.1, 0.15) is 0 Å². The molecule has 2 rings (SSSR count). The lowest BCUT2D eigenvalue weighted by Crippen LogP contribution is -2.38. The van der Waals surface area contributed by atoms with E-state index in [-0.39, 0.29) is 24.0 Å². The molecule has 1 spiro atoms. The molecule has 0 amide bonds. The second-order valence-corrected chi connectivity index (χ2v) is 5.06. The minimum absolute atomic E-state index is 0. The smallest absolute Gasteiger partial charge is 0.191 e. The third-order valence-corrected chi connectivity index (χ3v) is 4.00. The van der Waals surface area contributed by atoms with Gasteiger partial charge in [-0.3, -0.25) is 4.99 Å². The molecule has 0 bridgehead atoms. The summed E-state index contributed by atoms with van der Waals surface area (Å²) in [6.07, 6.45) is 8.40. The number of likely N-dealkylation sites (tertiary alicyclic amines) is 1. The molecule has 4 heteroatoms. The van der Waals surface area contributed by atoms with E-state index in [1.165, 1.54) is 38.5 Å². The van der Waals surface area contributed by atoms with Gasteiger partial charge in [0.25, 0.3) is 0 Å². The lowest BCUT2D eigenvalue weighted by Gasteiger charge is -2.33. The van der Waals surface area contributed by atoms with Crippen LogP contribution in [0, 0.1) is 5.41 Å². The fourth-order valence-electron chi connectivity index (χ4n) is 3.10. The highest BCUT2D eigenvalue weighted by molar-refractivity contribution is 14.0. The van der Waals surface area contributed by atoms with Crippen LogP contribution in [0.5, 0.6) is 0 Å². The predicted molar refractivity (Wildman–Crippen MR) is 79.3 cm³/mol. The van der Waals surface area contributed by atoms with Crippen LogP contribution < -0.4 is 5.73 Å². The van der Waals surface area contributed by atoms with Crippen molar-refractivity contribution in [3.8, 4) is 0 Å². The molecule has 0 aromatic rings. The van der Waals surface area contributed by atoms with Crippen molar-refractivity contribution in [2.24, 2.45) is 16.1 Å². The first kappa shape index (κ1) is 14.1. The van der Waals surface area contributed by atoms with Crippen LogP contribution in [0.3, 0.4) is 0 Å². The van der Waals surface area contributed by atoms with Crippen LogP contribution in [0.15, 0.2) is 4.99 Å². The Balaban J connectivity index is 0.00000128. The van der Waals surface area contributed by atoms with Crippen LogP contribution in [-0.4, -0.2) is 30.5 Å². The van der Waals surface area contributed by atoms with Crippen LogP contribution in [0.4, 0.5) is 0 Å². The highest BCUT2D eigenvalue weighted by atomic mass is 127. The van der Waals surface area contributed by atoms with E-state index in [1.807, 2.05) is 6.92 Å². The number of nitrogens with two attached hydrogens (primary N) is 1. The maximum absolute atomic E-state index is 5.96. The molecule has 2 fully saturated rings. The third kappa shape index (κ3) is 3.02. The molecule has 1 heterocycles. The molecule has 2 aliphatic rings. The van der Waals surface area contributed by atoms with Gasteiger partial charge in [-0.15, -0.1) is 24.0 Å². The van der Waals surface area contributed by atoms with E-state index in [1.54, 1.807) is 0 Å². The number of hydrogen-bond donors (Lipinski definition) is 1. The average Bonchev–Trinajstić information content (AvgIpc) is 2.64. The average molecular weight is 337 g/mol. The molecule has 0 aromatic carbocycles. The highest BCUT2D eigenvalue weighted by Crippen LogP contribution is 2.43. The standard InChI is InChI=1S/C12H23N3.HI/c1-2-14-11(13)15-9-8-12(10-15)6-4-3-5-7-12;/h2-10H2,1H3,(H2,13,14);1H. The zero-order valence-corrected chi connectivity index (χ0v) is 12.6. The first-order valence-corrected chi connectivity index (χ1v) is 6.31. The quantitative estimate of drug-likeness (QED) is 0.454. The zero-order valence-electron chi connectivity index (χ0n) is 10.2. The Morgan fingerprint density at radius 2 is 1.94 bits per heavy atom. The van der Waals surface area contributed by atoms with Gasteiger partial charge >= 0.3 is 0 Å². The molecule has 16 heavy (non-hydrogen) atoms. The number of rotatable bonds is 1. The Bertz CT molecular complexity index is 247. The number of aliphatic imine (C=N–C) groups is 1. The largest absolute Gasteiger partial charge is 0.370 e. The first-order chi connectivity index (χ1) is 7.26. The van der Waals surface area contributed by atoms with Crippen LogP contribution >= 0.6 is 24.0 Å². The lowest BCUT2D eigenvalue weighted by molar-refractivity contribution is 0.204. The monoisotopic (exact) mass is 337 g/mol. The molecular formula is C12H24IN3. The SMILES string of the molecule is CCN=C(N)N1CCC2(CCCCC2)C1.I. The Morgan fingerprint density at radius 1 is 1.25 bits per heavy atom. The van der Waals surface area contributed by atoms with E-state index in [4.69, 9.17) is 5.73 Å². The number of nitrogens with zero attached hydrogens (tertiary/aromatic N) is 2. The van der Waals surface area contributed by atoms with E-state index in [9.17, 15) is 0 Å². The van der Waals surface area contributed by atoms with Gasteiger partial charge in [0.2, 0.25) is 0 Å².